The summed E-state index contributed by atoms with van der Waals surface area (Å²) >= 11 is 0. The average molecular weight is 765 g/mol. The number of phenolic OH excluding ortho intramolecular Hbond substituents is 3. The van der Waals surface area contributed by atoms with Crippen molar-refractivity contribution in [1.82, 2.24) is 0 Å². The lowest BCUT2D eigenvalue weighted by Crippen LogP contribution is -2.65. The molecule has 3 saturated heterocycles. The topological polar surface area (TPSA) is 302 Å². The number of carbonyl (C=O) groups excluding carboxylic acids is 2. The van der Waals surface area contributed by atoms with E-state index in [1.165, 1.54) is 38.1 Å². The molecule has 3 aliphatic rings. The van der Waals surface area contributed by atoms with Gasteiger partial charge in [0.2, 0.25) is 11.2 Å². The average Bonchev–Trinajstić information content (AvgIpc) is 3.13. The molecule has 15 atom stereocenters. The summed E-state index contributed by atoms with van der Waals surface area (Å²) in [6.45, 7) is 1.99. The van der Waals surface area contributed by atoms with Crippen LogP contribution in [0.3, 0.4) is 0 Å². The molecule has 6 rings (SSSR count). The van der Waals surface area contributed by atoms with Crippen LogP contribution >= 0.6 is 0 Å². The maximum atomic E-state index is 13.9. The van der Waals surface area contributed by atoms with Crippen LogP contribution in [0.15, 0.2) is 45.6 Å². The Hall–Kier alpha value is -4.25. The molecule has 3 fully saturated rings. The van der Waals surface area contributed by atoms with Crippen molar-refractivity contribution in [2.45, 2.75) is 93.8 Å². The van der Waals surface area contributed by atoms with E-state index < -0.39 is 121 Å². The van der Waals surface area contributed by atoms with Crippen molar-refractivity contribution in [2.75, 3.05) is 6.61 Å². The fourth-order valence-electron chi connectivity index (χ4n) is 6.88. The fraction of sp³-hybridized carbons (Fsp3) is 0.514. The second-order valence-electron chi connectivity index (χ2n) is 13.3. The molecule has 4 heterocycles. The number of aliphatic hydroxyl groups is 6. The lowest BCUT2D eigenvalue weighted by Gasteiger charge is -2.48. The Morgan fingerprint density at radius 1 is 0.722 bits per heavy atom. The number of hydrogen-bond donors (Lipinski definition) is 9. The van der Waals surface area contributed by atoms with Gasteiger partial charge in [0.15, 0.2) is 24.6 Å². The minimum atomic E-state index is -1.92. The van der Waals surface area contributed by atoms with Gasteiger partial charge in [0.05, 0.1) is 30.7 Å². The predicted octanol–water partition coefficient (Wildman–Crippen LogP) is -1.63. The van der Waals surface area contributed by atoms with E-state index in [1.54, 1.807) is 0 Å². The molecule has 9 N–H and O–H groups in total. The summed E-state index contributed by atoms with van der Waals surface area (Å²) in [4.78, 5) is 39.1. The zero-order valence-corrected chi connectivity index (χ0v) is 28.6. The molecule has 0 radical (unpaired) electrons. The highest BCUT2D eigenvalue weighted by atomic mass is 16.7. The number of rotatable bonds is 10. The van der Waals surface area contributed by atoms with E-state index in [9.17, 15) is 60.3 Å². The number of benzene rings is 2. The summed E-state index contributed by atoms with van der Waals surface area (Å²) in [5.41, 5.74) is -0.926. The normalized spacial score (nSPS) is 37.1. The smallest absolute Gasteiger partial charge is 0.239 e. The number of aldehydes is 2. The first-order chi connectivity index (χ1) is 25.7. The van der Waals surface area contributed by atoms with E-state index in [0.29, 0.717) is 12.6 Å². The fourth-order valence-corrected chi connectivity index (χ4v) is 6.88. The van der Waals surface area contributed by atoms with Gasteiger partial charge in [-0.05, 0) is 38.1 Å². The number of aromatic hydroxyl groups is 3. The van der Waals surface area contributed by atoms with Crippen molar-refractivity contribution in [2.24, 2.45) is 11.8 Å². The van der Waals surface area contributed by atoms with E-state index in [1.807, 2.05) is 0 Å². The highest BCUT2D eigenvalue weighted by Crippen LogP contribution is 2.40. The molecule has 54 heavy (non-hydrogen) atoms. The molecule has 2 aromatic carbocycles. The zero-order chi connectivity index (χ0) is 39.2. The van der Waals surface area contributed by atoms with Crippen LogP contribution in [0, 0.1) is 11.8 Å². The van der Waals surface area contributed by atoms with Crippen molar-refractivity contribution in [3.05, 3.63) is 46.6 Å². The van der Waals surface area contributed by atoms with Gasteiger partial charge in [0, 0.05) is 17.7 Å². The molecule has 0 spiro atoms. The van der Waals surface area contributed by atoms with Gasteiger partial charge < -0.3 is 88.4 Å². The van der Waals surface area contributed by atoms with E-state index in [-0.39, 0.29) is 28.0 Å². The van der Waals surface area contributed by atoms with Crippen LogP contribution in [-0.2, 0) is 33.3 Å². The Balaban J connectivity index is 1.26. The van der Waals surface area contributed by atoms with Gasteiger partial charge in [0.25, 0.3) is 0 Å². The summed E-state index contributed by atoms with van der Waals surface area (Å²) < 4.78 is 40.3. The molecular weight excluding hydrogens is 724 g/mol. The third-order valence-corrected chi connectivity index (χ3v) is 9.76. The molecule has 0 unspecified atom stereocenters. The first kappa shape index (κ1) is 39.4. The summed E-state index contributed by atoms with van der Waals surface area (Å²) in [5, 5.41) is 92.5. The number of carbonyl (C=O) groups is 2. The molecule has 3 aliphatic heterocycles. The van der Waals surface area contributed by atoms with Gasteiger partial charge in [-0.25, -0.2) is 0 Å². The Morgan fingerprint density at radius 3 is 2.00 bits per heavy atom. The van der Waals surface area contributed by atoms with Crippen molar-refractivity contribution >= 4 is 23.5 Å². The van der Waals surface area contributed by atoms with Gasteiger partial charge in [-0.1, -0.05) is 0 Å². The van der Waals surface area contributed by atoms with Gasteiger partial charge in [0.1, 0.15) is 89.6 Å². The van der Waals surface area contributed by atoms with Crippen LogP contribution < -0.4 is 10.2 Å². The van der Waals surface area contributed by atoms with E-state index in [2.05, 4.69) is 0 Å². The minimum Gasteiger partial charge on any atom is -0.508 e. The zero-order valence-electron chi connectivity index (χ0n) is 28.6. The third kappa shape index (κ3) is 7.28. The van der Waals surface area contributed by atoms with Crippen molar-refractivity contribution in [1.29, 1.82) is 0 Å². The molecule has 0 bridgehead atoms. The highest BCUT2D eigenvalue weighted by molar-refractivity contribution is 5.88. The van der Waals surface area contributed by atoms with Gasteiger partial charge in [-0.3, -0.25) is 4.79 Å². The number of aliphatic hydroxyl groups excluding tert-OH is 6. The molecule has 0 amide bonds. The lowest BCUT2D eigenvalue weighted by molar-refractivity contribution is -0.368. The van der Waals surface area contributed by atoms with Gasteiger partial charge in [-0.15, -0.1) is 0 Å². The van der Waals surface area contributed by atoms with E-state index in [0.717, 1.165) is 12.1 Å². The first-order valence-corrected chi connectivity index (χ1v) is 16.9. The summed E-state index contributed by atoms with van der Waals surface area (Å²) in [6, 6.07) is 7.38. The van der Waals surface area contributed by atoms with Crippen LogP contribution in [0.1, 0.15) is 13.8 Å². The van der Waals surface area contributed by atoms with E-state index in [4.69, 9.17) is 32.8 Å². The second-order valence-corrected chi connectivity index (χ2v) is 13.3. The Labute approximate surface area is 305 Å². The molecule has 19 heteroatoms. The van der Waals surface area contributed by atoms with Crippen LogP contribution in [-0.4, -0.2) is 145 Å². The highest BCUT2D eigenvalue weighted by Gasteiger charge is 2.53. The number of fused-ring (bicyclic) bond motifs is 1. The Kier molecular flexibility index (Phi) is 11.6. The molecule has 3 aromatic rings. The van der Waals surface area contributed by atoms with Crippen LogP contribution in [0.25, 0.3) is 22.3 Å². The van der Waals surface area contributed by atoms with Gasteiger partial charge in [-0.2, -0.15) is 0 Å². The SMILES string of the molecule is C[C@H]1O[C@@H](O)[C@H](O)[C@H](O)[C@H]1O[C@@H]1O[C@H](CO)[C@@H](O[C@@H]2O[C@H](C)[C@@H](Oc3c(-c4ccc(O)cc4)oc4cc(O)cc(O)c4c3=O)[C@@H](C=O)[C@H]2C=O)[C@@H](O)[C@H]1O. The minimum absolute atomic E-state index is 0.116. The van der Waals surface area contributed by atoms with Gasteiger partial charge >= 0.3 is 0 Å². The number of hydrogen-bond acceptors (Lipinski definition) is 19. The number of phenols is 3. The molecule has 19 nitrogen and oxygen atoms in total. The maximum Gasteiger partial charge on any atom is 0.239 e. The van der Waals surface area contributed by atoms with Crippen LogP contribution in [0.4, 0.5) is 0 Å². The summed E-state index contributed by atoms with van der Waals surface area (Å²) in [7, 11) is 0. The largest absolute Gasteiger partial charge is 0.508 e. The summed E-state index contributed by atoms with van der Waals surface area (Å²) in [6.07, 6.45) is -19.7. The van der Waals surface area contributed by atoms with Crippen LogP contribution in [0.5, 0.6) is 23.0 Å². The summed E-state index contributed by atoms with van der Waals surface area (Å²) in [5.74, 6) is -4.80. The van der Waals surface area contributed by atoms with Crippen molar-refractivity contribution in [3.8, 4) is 34.3 Å². The maximum absolute atomic E-state index is 13.9. The monoisotopic (exact) mass is 764 g/mol. The molecule has 0 aliphatic carbocycles. The van der Waals surface area contributed by atoms with Crippen LogP contribution in [0.2, 0.25) is 0 Å². The second kappa shape index (κ2) is 15.8. The first-order valence-electron chi connectivity index (χ1n) is 16.9. The molecule has 294 valence electrons. The Morgan fingerprint density at radius 2 is 1.35 bits per heavy atom. The number of ether oxygens (including phenoxy) is 6. The third-order valence-electron chi connectivity index (χ3n) is 9.76. The van der Waals surface area contributed by atoms with E-state index >= 15 is 0 Å². The predicted molar refractivity (Wildman–Crippen MR) is 177 cm³/mol. The quantitative estimate of drug-likeness (QED) is 0.105. The molecule has 0 saturated carbocycles. The van der Waals surface area contributed by atoms with Crippen molar-refractivity contribution in [3.63, 3.8) is 0 Å². The Bertz CT molecular complexity index is 1860. The molecule has 1 aromatic heterocycles. The van der Waals surface area contributed by atoms with Crippen molar-refractivity contribution < 1.29 is 88.4 Å². The molecular formula is C35H40O19. The lowest BCUT2D eigenvalue weighted by atomic mass is 9.83. The standard InChI is InChI=1S/C35H40O19/c1-12-28(52-32-23(42)22-19(41)7-16(40)8-20(22)50-30(32)14-3-5-15(39)6-4-14)17(9-36)18(10-37)34(49-12)54-31-21(11-38)51-35(27(46)25(31)44)53-29-13(2)48-33(47)26(45)24(29)43/h3-10,12-13,17-18,21,24-29,31,33-35,38-41,43-47H,11H2,1-2H3/t12-,13-,17+,18-,21-,24+,25+,26-,27-,28-,29+,31-,33-,34+,35+/m1/s1.